The Kier molecular flexibility index (Phi) is 7.23. The predicted octanol–water partition coefficient (Wildman–Crippen LogP) is 5.62. The van der Waals surface area contributed by atoms with Crippen molar-refractivity contribution >= 4 is 33.2 Å². The van der Waals surface area contributed by atoms with Gasteiger partial charge < -0.3 is 4.90 Å². The Bertz CT molecular complexity index is 1100. The molecule has 10 heteroatoms. The zero-order chi connectivity index (χ0) is 23.6. The van der Waals surface area contributed by atoms with Crippen LogP contribution in [0.3, 0.4) is 0 Å². The molecule has 0 N–H and O–H groups in total. The molecular formula is C23H24BrF3N4OS. The number of benzene rings is 1. The van der Waals surface area contributed by atoms with Gasteiger partial charge in [-0.05, 0) is 60.2 Å². The molecule has 1 aromatic carbocycles. The predicted molar refractivity (Wildman–Crippen MR) is 124 cm³/mol. The molecule has 0 aliphatic carbocycles. The summed E-state index contributed by atoms with van der Waals surface area (Å²) in [5.74, 6) is 0.0707. The number of hydrogen-bond donors (Lipinski definition) is 0. The SMILES string of the molecule is Cc1cc(C(F)(F)F)nn1CC(=O)N1CCC(c2nc(CCc3ccccc3)c(Br)s2)CC1. The molecule has 1 saturated heterocycles. The first-order valence-electron chi connectivity index (χ1n) is 10.8. The number of nitrogens with zero attached hydrogens (tertiary/aromatic N) is 4. The highest BCUT2D eigenvalue weighted by Gasteiger charge is 2.35. The van der Waals surface area contributed by atoms with E-state index in [0.29, 0.717) is 18.8 Å². The molecule has 3 heterocycles. The van der Waals surface area contributed by atoms with Crippen LogP contribution in [-0.2, 0) is 30.4 Å². The Balaban J connectivity index is 1.32. The molecule has 0 atom stereocenters. The number of aromatic nitrogens is 3. The quantitative estimate of drug-likeness (QED) is 0.407. The maximum Gasteiger partial charge on any atom is 0.435 e. The highest BCUT2D eigenvalue weighted by Crippen LogP contribution is 2.36. The van der Waals surface area contributed by atoms with Crippen LogP contribution in [0.5, 0.6) is 0 Å². The maximum atomic E-state index is 12.9. The number of rotatable bonds is 6. The van der Waals surface area contributed by atoms with Crippen LogP contribution in [0.4, 0.5) is 13.2 Å². The number of aryl methyl sites for hydroxylation is 3. The monoisotopic (exact) mass is 540 g/mol. The molecule has 1 amide bonds. The van der Waals surface area contributed by atoms with Crippen LogP contribution in [0.2, 0.25) is 0 Å². The number of alkyl halides is 3. The number of halogens is 4. The molecular weight excluding hydrogens is 517 g/mol. The van der Waals surface area contributed by atoms with Gasteiger partial charge in [0.15, 0.2) is 5.69 Å². The van der Waals surface area contributed by atoms with Crippen LogP contribution in [0, 0.1) is 6.92 Å². The van der Waals surface area contributed by atoms with Crippen LogP contribution < -0.4 is 0 Å². The van der Waals surface area contributed by atoms with Crippen molar-refractivity contribution in [1.29, 1.82) is 0 Å². The van der Waals surface area contributed by atoms with E-state index in [1.54, 1.807) is 16.2 Å². The molecule has 1 aliphatic rings. The van der Waals surface area contributed by atoms with Gasteiger partial charge >= 0.3 is 6.18 Å². The van der Waals surface area contributed by atoms with Crippen molar-refractivity contribution in [3.63, 3.8) is 0 Å². The van der Waals surface area contributed by atoms with Crippen molar-refractivity contribution in [2.75, 3.05) is 13.1 Å². The van der Waals surface area contributed by atoms with Crippen molar-refractivity contribution in [2.45, 2.75) is 51.2 Å². The molecule has 176 valence electrons. The molecule has 5 nitrogen and oxygen atoms in total. The fourth-order valence-electron chi connectivity index (χ4n) is 4.00. The lowest BCUT2D eigenvalue weighted by Gasteiger charge is -2.31. The lowest BCUT2D eigenvalue weighted by molar-refractivity contribution is -0.142. The van der Waals surface area contributed by atoms with Crippen LogP contribution >= 0.6 is 27.3 Å². The average Bonchev–Trinajstić information content (AvgIpc) is 3.35. The Morgan fingerprint density at radius 3 is 2.52 bits per heavy atom. The number of hydrogen-bond acceptors (Lipinski definition) is 4. The summed E-state index contributed by atoms with van der Waals surface area (Å²) < 4.78 is 40.8. The molecule has 0 saturated carbocycles. The summed E-state index contributed by atoms with van der Waals surface area (Å²) in [5, 5.41) is 4.64. The minimum atomic E-state index is -4.51. The largest absolute Gasteiger partial charge is 0.435 e. The van der Waals surface area contributed by atoms with Gasteiger partial charge in [0.25, 0.3) is 0 Å². The van der Waals surface area contributed by atoms with Crippen LogP contribution in [0.1, 0.15) is 46.4 Å². The Hall–Kier alpha value is -2.20. The smallest absolute Gasteiger partial charge is 0.341 e. The molecule has 0 radical (unpaired) electrons. The fraction of sp³-hybridized carbons (Fsp3) is 0.435. The molecule has 0 spiro atoms. The summed E-state index contributed by atoms with van der Waals surface area (Å²) in [6.45, 7) is 2.47. The van der Waals surface area contributed by atoms with Gasteiger partial charge in [-0.2, -0.15) is 18.3 Å². The van der Waals surface area contributed by atoms with Crippen LogP contribution in [0.25, 0.3) is 0 Å². The van der Waals surface area contributed by atoms with Crippen LogP contribution in [-0.4, -0.2) is 38.7 Å². The first-order valence-corrected chi connectivity index (χ1v) is 12.4. The highest BCUT2D eigenvalue weighted by molar-refractivity contribution is 9.11. The lowest BCUT2D eigenvalue weighted by atomic mass is 9.97. The van der Waals surface area contributed by atoms with Crippen molar-refractivity contribution in [1.82, 2.24) is 19.7 Å². The van der Waals surface area contributed by atoms with Crippen molar-refractivity contribution in [3.05, 3.63) is 67.8 Å². The van der Waals surface area contributed by atoms with E-state index in [4.69, 9.17) is 4.98 Å². The van der Waals surface area contributed by atoms with Gasteiger partial charge in [-0.25, -0.2) is 4.98 Å². The first kappa shape index (κ1) is 23.9. The standard InChI is InChI=1S/C23H24BrF3N4OS/c1-15-13-19(23(25,26)27)29-31(15)14-20(32)30-11-9-17(10-12-30)22-28-18(21(24)33-22)8-7-16-5-3-2-4-6-16/h2-6,13,17H,7-12,14H2,1H3. The van der Waals surface area contributed by atoms with E-state index < -0.39 is 11.9 Å². The van der Waals surface area contributed by atoms with Crippen LogP contribution in [0.15, 0.2) is 40.2 Å². The van der Waals surface area contributed by atoms with E-state index >= 15 is 0 Å². The minimum absolute atomic E-state index is 0.182. The van der Waals surface area contributed by atoms with Crippen molar-refractivity contribution < 1.29 is 18.0 Å². The van der Waals surface area contributed by atoms with Gasteiger partial charge in [0.2, 0.25) is 5.91 Å². The first-order chi connectivity index (χ1) is 15.7. The van der Waals surface area contributed by atoms with Gasteiger partial charge in [0.1, 0.15) is 6.54 Å². The molecule has 0 unspecified atom stereocenters. The second-order valence-corrected chi connectivity index (χ2v) is 10.6. The van der Waals surface area contributed by atoms with Crippen molar-refractivity contribution in [2.24, 2.45) is 0 Å². The van der Waals surface area contributed by atoms with E-state index in [0.717, 1.165) is 50.9 Å². The molecule has 4 rings (SSSR count). The molecule has 2 aromatic heterocycles. The van der Waals surface area contributed by atoms with E-state index in [2.05, 4.69) is 33.2 Å². The Labute approximate surface area is 202 Å². The van der Waals surface area contributed by atoms with Gasteiger partial charge in [0, 0.05) is 24.7 Å². The molecule has 1 aliphatic heterocycles. The zero-order valence-corrected chi connectivity index (χ0v) is 20.5. The summed E-state index contributed by atoms with van der Waals surface area (Å²) in [6.07, 6.45) is -1.15. The number of carbonyl (C=O) groups excluding carboxylic acids is 1. The highest BCUT2D eigenvalue weighted by atomic mass is 79.9. The topological polar surface area (TPSA) is 51.0 Å². The summed E-state index contributed by atoms with van der Waals surface area (Å²) in [7, 11) is 0. The molecule has 33 heavy (non-hydrogen) atoms. The van der Waals surface area contributed by atoms with Gasteiger partial charge in [0.05, 0.1) is 14.5 Å². The third-order valence-electron chi connectivity index (χ3n) is 5.91. The van der Waals surface area contributed by atoms with Crippen molar-refractivity contribution in [3.8, 4) is 0 Å². The average molecular weight is 541 g/mol. The van der Waals surface area contributed by atoms with E-state index in [-0.39, 0.29) is 18.4 Å². The third-order valence-corrected chi connectivity index (χ3v) is 7.90. The van der Waals surface area contributed by atoms with Gasteiger partial charge in [-0.3, -0.25) is 9.48 Å². The van der Waals surface area contributed by atoms with Gasteiger partial charge in [-0.15, -0.1) is 11.3 Å². The Morgan fingerprint density at radius 2 is 1.88 bits per heavy atom. The number of carbonyl (C=O) groups is 1. The maximum absolute atomic E-state index is 12.9. The van der Waals surface area contributed by atoms with E-state index in [9.17, 15) is 18.0 Å². The number of thiazole rings is 1. The summed E-state index contributed by atoms with van der Waals surface area (Å²) in [5.41, 5.74) is 1.69. The minimum Gasteiger partial charge on any atom is -0.341 e. The third kappa shape index (κ3) is 5.84. The number of likely N-dealkylation sites (tertiary alicyclic amines) is 1. The normalized spacial score (nSPS) is 15.2. The summed E-state index contributed by atoms with van der Waals surface area (Å²) >= 11 is 5.31. The number of amides is 1. The molecule has 0 bridgehead atoms. The zero-order valence-electron chi connectivity index (χ0n) is 18.1. The van der Waals surface area contributed by atoms with E-state index in [1.807, 2.05) is 18.2 Å². The van der Waals surface area contributed by atoms with E-state index in [1.165, 1.54) is 12.5 Å². The molecule has 3 aromatic rings. The fourth-order valence-corrected chi connectivity index (χ4v) is 5.79. The molecule has 1 fully saturated rings. The summed E-state index contributed by atoms with van der Waals surface area (Å²) in [6, 6.07) is 11.3. The second kappa shape index (κ2) is 9.97. The van der Waals surface area contributed by atoms with Gasteiger partial charge in [-0.1, -0.05) is 30.3 Å². The summed E-state index contributed by atoms with van der Waals surface area (Å²) in [4.78, 5) is 19.2. The lowest BCUT2D eigenvalue weighted by Crippen LogP contribution is -2.40. The Morgan fingerprint density at radius 1 is 1.18 bits per heavy atom. The number of piperidine rings is 1. The second-order valence-electron chi connectivity index (χ2n) is 8.24.